The van der Waals surface area contributed by atoms with E-state index in [1.165, 1.54) is 37.0 Å². The fraction of sp³-hybridized carbons (Fsp3) is 0.582. The van der Waals surface area contributed by atoms with Gasteiger partial charge in [-0.1, -0.05) is 0 Å². The molecule has 14 amide bonds. The van der Waals surface area contributed by atoms with Crippen molar-refractivity contribution in [2.75, 3.05) is 52.9 Å². The van der Waals surface area contributed by atoms with Crippen molar-refractivity contribution < 1.29 is 92.6 Å². The Bertz CT molecular complexity index is 3020. The number of fused-ring (bicyclic) bond motifs is 3. The van der Waals surface area contributed by atoms with Crippen LogP contribution in [-0.4, -0.2) is 232 Å². The average Bonchev–Trinajstić information content (AvgIpc) is 0.753. The lowest BCUT2D eigenvalue weighted by Crippen LogP contribution is -3.21. The van der Waals surface area contributed by atoms with Crippen LogP contribution in [0.1, 0.15) is 90.9 Å². The highest BCUT2D eigenvalue weighted by Crippen LogP contribution is 2.25. The first-order valence-electron chi connectivity index (χ1n) is 29.8. The number of nitrogens with one attached hydrogen (secondary N) is 12. The molecule has 0 bridgehead atoms. The fourth-order valence-corrected chi connectivity index (χ4v) is 10.4. The minimum absolute atomic E-state index is 0.00183. The standard InChI is InChI=1S/C55H83N19O18/c1-26(49(85)70-32-8-6-18-72(3)55(32)91)64-52(88)34(25-75)71-51(87)31-13-16-60-46(67-31)29(9-10-40(57)78)68-54(90)37(22-42(59)80)74(92)45(83)24-62-44(82)23-63-50(86)30(7-4-5-15-56)69-48(84)27(2)65-53(89)35-14-17-61-47-33(66-43(81)12-11-41(58)79)19-28-20-38(76)39(77)21-36(28)73(35)47/h19-21,26-27,29-32,34-37,61,75-77,92H,4-18,22-25,56H2,1-3H3,(H2,57,78)(H2,58,79)(H2,59,80)(H,60,67)(H,62,82)(H,63,86)(H,64,88)(H,65,89)(H,66,81)(H,68,90)(H,69,84)(H,70,85)(H,71,87)/p+1. The van der Waals surface area contributed by atoms with E-state index in [4.69, 9.17) is 22.9 Å². The van der Waals surface area contributed by atoms with Gasteiger partial charge in [0.05, 0.1) is 32.2 Å². The lowest BCUT2D eigenvalue weighted by atomic mass is 9.90. The maximum absolute atomic E-state index is 14.1. The number of hydrogen-bond acceptors (Lipinski definition) is 22. The number of hydrogen-bond donors (Lipinski definition) is 20. The van der Waals surface area contributed by atoms with Gasteiger partial charge in [-0.3, -0.25) is 82.2 Å². The number of allylic oxidation sites excluding steroid dienone is 1. The number of aliphatic hydroxyl groups excluding tert-OH is 3. The summed E-state index contributed by atoms with van der Waals surface area (Å²) >= 11 is 0. The SMILES string of the molecule is CC(NC(=O)C(CO)NC(=O)C1CCN=C(C(CCC(N)=O)NC(=O)C(CC(N)=O)N(O)C(=O)CNC(=O)CNC(=O)C(CCCCN)NC(=O)C(C)NC(=O)C2CCNC3=C(NC(=O)CCC(N)=O)C=C4C=C(O)C(O)=CC4[NH+]32)N1)C(=O)NC1CCCN(C)C1=O. The number of aliphatic imine (C=N–C) groups is 1. The zero-order valence-electron chi connectivity index (χ0n) is 51.1. The van der Waals surface area contributed by atoms with Gasteiger partial charge in [0, 0.05) is 64.0 Å². The molecule has 11 atom stereocenters. The van der Waals surface area contributed by atoms with E-state index < -0.39 is 181 Å². The maximum Gasteiger partial charge on any atom is 0.279 e. The Morgan fingerprint density at radius 1 is 0.750 bits per heavy atom. The molecule has 0 spiro atoms. The minimum atomic E-state index is -2.09. The van der Waals surface area contributed by atoms with Crippen molar-refractivity contribution >= 4 is 88.5 Å². The van der Waals surface area contributed by atoms with E-state index in [-0.39, 0.29) is 80.7 Å². The summed E-state index contributed by atoms with van der Waals surface area (Å²) in [5, 5.41) is 69.9. The Balaban J connectivity index is 1.16. The Hall–Kier alpha value is -9.75. The van der Waals surface area contributed by atoms with E-state index in [0.29, 0.717) is 48.5 Å². The molecule has 0 radical (unpaired) electrons. The van der Waals surface area contributed by atoms with E-state index in [1.807, 2.05) is 0 Å². The van der Waals surface area contributed by atoms with E-state index in [1.54, 1.807) is 7.05 Å². The summed E-state index contributed by atoms with van der Waals surface area (Å²) in [6.07, 6.45) is 3.86. The van der Waals surface area contributed by atoms with Gasteiger partial charge in [0.2, 0.25) is 76.7 Å². The van der Waals surface area contributed by atoms with Crippen LogP contribution in [0.3, 0.4) is 0 Å². The predicted molar refractivity (Wildman–Crippen MR) is 319 cm³/mol. The van der Waals surface area contributed by atoms with Crippen LogP contribution >= 0.6 is 0 Å². The summed E-state index contributed by atoms with van der Waals surface area (Å²) in [6.45, 7) is 0.796. The van der Waals surface area contributed by atoms with Gasteiger partial charge < -0.3 is 102 Å². The molecule has 0 saturated carbocycles. The molecule has 1 aliphatic carbocycles. The van der Waals surface area contributed by atoms with Crippen LogP contribution in [0.5, 0.6) is 0 Å². The van der Waals surface area contributed by atoms with Gasteiger partial charge in [-0.05, 0) is 77.5 Å². The number of carbonyl (C=O) groups is 14. The first-order chi connectivity index (χ1) is 43.5. The lowest BCUT2D eigenvalue weighted by Gasteiger charge is -2.41. The zero-order chi connectivity index (χ0) is 68.1. The van der Waals surface area contributed by atoms with E-state index in [9.17, 15) is 87.7 Å². The van der Waals surface area contributed by atoms with E-state index >= 15 is 0 Å². The molecule has 506 valence electrons. The first-order valence-corrected chi connectivity index (χ1v) is 29.8. The Morgan fingerprint density at radius 2 is 1.46 bits per heavy atom. The summed E-state index contributed by atoms with van der Waals surface area (Å²) in [5.74, 6) is -12.8. The second kappa shape index (κ2) is 34.4. The average molecular weight is 1300 g/mol. The summed E-state index contributed by atoms with van der Waals surface area (Å²) < 4.78 is 0. The number of nitrogens with zero attached hydrogens (tertiary/aromatic N) is 3. The molecular weight excluding hydrogens is 1210 g/mol. The topological polar surface area (TPSA) is 580 Å². The van der Waals surface area contributed by atoms with Crippen molar-refractivity contribution in [3.63, 3.8) is 0 Å². The molecule has 5 aliphatic rings. The number of aliphatic hydroxyl groups is 3. The number of carbonyl (C=O) groups excluding carboxylic acids is 14. The number of rotatable bonds is 33. The van der Waals surface area contributed by atoms with Gasteiger partial charge in [-0.15, -0.1) is 0 Å². The third kappa shape index (κ3) is 20.9. The van der Waals surface area contributed by atoms with Gasteiger partial charge in [-0.25, -0.2) is 5.06 Å². The maximum atomic E-state index is 14.1. The monoisotopic (exact) mass is 1300 g/mol. The molecular formula is C55H84N19O18+. The summed E-state index contributed by atoms with van der Waals surface area (Å²) in [6, 6.07) is -12.5. The second-order valence-corrected chi connectivity index (χ2v) is 22.5. The number of hydroxylamine groups is 2. The van der Waals surface area contributed by atoms with Crippen molar-refractivity contribution in [3.8, 4) is 0 Å². The molecule has 2 saturated heterocycles. The number of likely N-dealkylation sites (N-methyl/N-ethyl adjacent to an activating group) is 1. The van der Waals surface area contributed by atoms with Crippen LogP contribution in [0.15, 0.2) is 51.8 Å². The van der Waals surface area contributed by atoms with Crippen LogP contribution in [0, 0.1) is 0 Å². The molecule has 2 fully saturated rings. The number of piperidine rings is 1. The molecule has 5 rings (SSSR count). The Labute approximate surface area is 527 Å². The lowest BCUT2D eigenvalue weighted by molar-refractivity contribution is -0.900. The number of primary amides is 3. The molecule has 92 heavy (non-hydrogen) atoms. The smallest absolute Gasteiger partial charge is 0.279 e. The molecule has 0 aromatic rings. The minimum Gasteiger partial charge on any atom is -0.504 e. The molecule has 0 aromatic carbocycles. The summed E-state index contributed by atoms with van der Waals surface area (Å²) in [4.78, 5) is 188. The number of amidine groups is 1. The Kier molecular flexibility index (Phi) is 27.3. The van der Waals surface area contributed by atoms with Crippen LogP contribution < -0.4 is 86.3 Å². The summed E-state index contributed by atoms with van der Waals surface area (Å²) in [7, 11) is 1.59. The third-order valence-corrected chi connectivity index (χ3v) is 15.4. The van der Waals surface area contributed by atoms with Gasteiger partial charge in [-0.2, -0.15) is 0 Å². The van der Waals surface area contributed by atoms with Crippen LogP contribution in [0.4, 0.5) is 0 Å². The zero-order valence-corrected chi connectivity index (χ0v) is 51.1. The molecule has 4 heterocycles. The van der Waals surface area contributed by atoms with Crippen LogP contribution in [0.25, 0.3) is 0 Å². The van der Waals surface area contributed by atoms with Gasteiger partial charge in [0.1, 0.15) is 59.9 Å². The predicted octanol–water partition coefficient (Wildman–Crippen LogP) is -9.97. The fourth-order valence-electron chi connectivity index (χ4n) is 10.4. The number of amides is 14. The number of nitrogens with two attached hydrogens (primary N) is 4. The molecule has 0 aromatic heterocycles. The van der Waals surface area contributed by atoms with Crippen molar-refractivity contribution in [1.82, 2.24) is 68.4 Å². The van der Waals surface area contributed by atoms with Gasteiger partial charge in [0.15, 0.2) is 17.6 Å². The number of unbranched alkanes of at least 4 members (excludes halogenated alkanes) is 1. The highest BCUT2D eigenvalue weighted by atomic mass is 16.5. The van der Waals surface area contributed by atoms with E-state index in [2.05, 4.69) is 63.5 Å². The normalized spacial score (nSPS) is 21.1. The molecule has 4 aliphatic heterocycles. The van der Waals surface area contributed by atoms with Crippen LogP contribution in [-0.2, 0) is 67.1 Å². The number of likely N-dealkylation sites (tertiary alicyclic amines) is 1. The molecule has 11 unspecified atom stereocenters. The third-order valence-electron chi connectivity index (χ3n) is 15.4. The molecule has 24 N–H and O–H groups in total. The summed E-state index contributed by atoms with van der Waals surface area (Å²) in [5.41, 5.74) is 22.3. The highest BCUT2D eigenvalue weighted by Gasteiger charge is 2.47. The quantitative estimate of drug-likeness (QED) is 0.0165. The second-order valence-electron chi connectivity index (χ2n) is 22.5. The van der Waals surface area contributed by atoms with Gasteiger partial charge in [0.25, 0.3) is 11.8 Å². The van der Waals surface area contributed by atoms with Crippen molar-refractivity contribution in [2.45, 2.75) is 151 Å². The van der Waals surface area contributed by atoms with Crippen molar-refractivity contribution in [2.24, 2.45) is 27.9 Å². The molecule has 37 nitrogen and oxygen atoms in total. The number of quaternary nitrogens is 1. The van der Waals surface area contributed by atoms with Gasteiger partial charge >= 0.3 is 0 Å². The highest BCUT2D eigenvalue weighted by molar-refractivity contribution is 6.00. The molecule has 37 heteroatoms. The van der Waals surface area contributed by atoms with Crippen LogP contribution in [0.2, 0.25) is 0 Å². The first kappa shape index (κ1) is 73.0. The van der Waals surface area contributed by atoms with Crippen molar-refractivity contribution in [1.29, 1.82) is 0 Å². The van der Waals surface area contributed by atoms with Crippen molar-refractivity contribution in [3.05, 3.63) is 46.8 Å². The van der Waals surface area contributed by atoms with E-state index in [0.717, 1.165) is 0 Å². The Morgan fingerprint density at radius 3 is 2.13 bits per heavy atom. The largest absolute Gasteiger partial charge is 0.504 e.